The highest BCUT2D eigenvalue weighted by Gasteiger charge is 2.18. The van der Waals surface area contributed by atoms with Gasteiger partial charge in [-0.2, -0.15) is 11.8 Å². The van der Waals surface area contributed by atoms with E-state index >= 15 is 0 Å². The van der Waals surface area contributed by atoms with Crippen LogP contribution in [0.25, 0.3) is 0 Å². The van der Waals surface area contributed by atoms with Crippen LogP contribution < -0.4 is 10.6 Å². The van der Waals surface area contributed by atoms with E-state index in [1.165, 1.54) is 24.3 Å². The first-order chi connectivity index (χ1) is 8.34. The molecule has 0 radical (unpaired) electrons. The Kier molecular flexibility index (Phi) is 8.11. The molecule has 18 heavy (non-hydrogen) atoms. The van der Waals surface area contributed by atoms with Gasteiger partial charge in [0.2, 0.25) is 5.91 Å². The molecular weight excluding hydrogens is 268 g/mol. The van der Waals surface area contributed by atoms with Gasteiger partial charge in [0.05, 0.1) is 0 Å². The van der Waals surface area contributed by atoms with Gasteiger partial charge in [-0.3, -0.25) is 4.79 Å². The minimum Gasteiger partial charge on any atom is -0.353 e. The highest BCUT2D eigenvalue weighted by Crippen LogP contribution is 2.19. The molecule has 2 saturated heterocycles. The zero-order valence-corrected chi connectivity index (χ0v) is 12.6. The highest BCUT2D eigenvalue weighted by molar-refractivity contribution is 7.99. The Hall–Kier alpha value is 0.0700. The maximum absolute atomic E-state index is 11.8. The fraction of sp³-hybridized carbons (Fsp3) is 0.923. The van der Waals surface area contributed by atoms with Gasteiger partial charge >= 0.3 is 0 Å². The minimum atomic E-state index is 0. The maximum atomic E-state index is 11.8. The van der Waals surface area contributed by atoms with Crippen LogP contribution in [0.5, 0.6) is 0 Å². The molecular formula is C13H25ClN2OS. The topological polar surface area (TPSA) is 41.1 Å². The molecule has 0 spiro atoms. The van der Waals surface area contributed by atoms with E-state index in [2.05, 4.69) is 10.6 Å². The van der Waals surface area contributed by atoms with Gasteiger partial charge in [-0.05, 0) is 62.6 Å². The first-order valence-corrected chi connectivity index (χ1v) is 8.08. The lowest BCUT2D eigenvalue weighted by Crippen LogP contribution is -2.37. The Bertz CT molecular complexity index is 241. The van der Waals surface area contributed by atoms with Crippen molar-refractivity contribution in [2.24, 2.45) is 5.92 Å². The summed E-state index contributed by atoms with van der Waals surface area (Å²) in [7, 11) is 0. The molecule has 0 bridgehead atoms. The summed E-state index contributed by atoms with van der Waals surface area (Å²) in [5, 5.41) is 6.56. The molecule has 106 valence electrons. The van der Waals surface area contributed by atoms with Gasteiger partial charge in [0.15, 0.2) is 0 Å². The summed E-state index contributed by atoms with van der Waals surface area (Å²) in [5.41, 5.74) is 0. The standard InChI is InChI=1S/C13H24N2OS.ClH/c16-13(15-12-5-9-17-10-6-12)2-1-11-3-7-14-8-4-11;/h11-12,14H,1-10H2,(H,15,16);1H. The Balaban J connectivity index is 0.00000162. The van der Waals surface area contributed by atoms with Crippen LogP contribution in [0.15, 0.2) is 0 Å². The lowest BCUT2D eigenvalue weighted by Gasteiger charge is -2.24. The number of hydrogen-bond donors (Lipinski definition) is 2. The number of rotatable bonds is 4. The van der Waals surface area contributed by atoms with Gasteiger partial charge in [0, 0.05) is 12.5 Å². The van der Waals surface area contributed by atoms with Crippen molar-refractivity contribution in [2.45, 2.75) is 44.6 Å². The second kappa shape index (κ2) is 9.05. The van der Waals surface area contributed by atoms with E-state index in [4.69, 9.17) is 0 Å². The molecule has 0 aromatic rings. The van der Waals surface area contributed by atoms with Crippen LogP contribution in [0.3, 0.4) is 0 Å². The van der Waals surface area contributed by atoms with E-state index in [-0.39, 0.29) is 18.3 Å². The van der Waals surface area contributed by atoms with Gasteiger partial charge < -0.3 is 10.6 Å². The molecule has 2 rings (SSSR count). The summed E-state index contributed by atoms with van der Waals surface area (Å²) in [6.07, 6.45) is 6.61. The van der Waals surface area contributed by atoms with Crippen LogP contribution in [0, 0.1) is 5.92 Å². The summed E-state index contributed by atoms with van der Waals surface area (Å²) in [6.45, 7) is 2.26. The summed E-state index contributed by atoms with van der Waals surface area (Å²) in [6, 6.07) is 0.455. The predicted octanol–water partition coefficient (Wildman–Crippen LogP) is 2.20. The average Bonchev–Trinajstić information content (AvgIpc) is 2.39. The van der Waals surface area contributed by atoms with Crippen molar-refractivity contribution in [3.63, 3.8) is 0 Å². The number of halogens is 1. The minimum absolute atomic E-state index is 0. The number of carbonyl (C=O) groups excluding carboxylic acids is 1. The third-order valence-corrected chi connectivity index (χ3v) is 4.87. The first-order valence-electron chi connectivity index (χ1n) is 6.92. The van der Waals surface area contributed by atoms with E-state index in [1.807, 2.05) is 11.8 Å². The van der Waals surface area contributed by atoms with Crippen LogP contribution in [-0.2, 0) is 4.79 Å². The molecule has 2 aliphatic rings. The number of piperidine rings is 1. The molecule has 3 nitrogen and oxygen atoms in total. The molecule has 0 aromatic carbocycles. The predicted molar refractivity (Wildman–Crippen MR) is 80.6 cm³/mol. The molecule has 2 aliphatic heterocycles. The number of carbonyl (C=O) groups is 1. The van der Waals surface area contributed by atoms with Gasteiger partial charge in [0.1, 0.15) is 0 Å². The number of hydrogen-bond acceptors (Lipinski definition) is 3. The molecule has 2 fully saturated rings. The summed E-state index contributed by atoms with van der Waals surface area (Å²) < 4.78 is 0. The van der Waals surface area contributed by atoms with Crippen molar-refractivity contribution < 1.29 is 4.79 Å². The largest absolute Gasteiger partial charge is 0.353 e. The molecule has 1 amide bonds. The second-order valence-electron chi connectivity index (χ2n) is 5.19. The molecule has 5 heteroatoms. The molecule has 0 unspecified atom stereocenters. The summed E-state index contributed by atoms with van der Waals surface area (Å²) in [4.78, 5) is 11.8. The highest BCUT2D eigenvalue weighted by atomic mass is 35.5. The van der Waals surface area contributed by atoms with E-state index < -0.39 is 0 Å². The number of nitrogens with one attached hydrogen (secondary N) is 2. The maximum Gasteiger partial charge on any atom is 0.220 e. The Labute approximate surface area is 121 Å². The van der Waals surface area contributed by atoms with Crippen molar-refractivity contribution in [1.29, 1.82) is 0 Å². The lowest BCUT2D eigenvalue weighted by atomic mass is 9.93. The first kappa shape index (κ1) is 16.1. The molecule has 0 atom stereocenters. The van der Waals surface area contributed by atoms with Gasteiger partial charge in [0.25, 0.3) is 0 Å². The van der Waals surface area contributed by atoms with Crippen molar-refractivity contribution >= 4 is 30.1 Å². The van der Waals surface area contributed by atoms with Gasteiger partial charge in [-0.1, -0.05) is 0 Å². The molecule has 0 aromatic heterocycles. The second-order valence-corrected chi connectivity index (χ2v) is 6.41. The van der Waals surface area contributed by atoms with Crippen LogP contribution in [0.4, 0.5) is 0 Å². The average molecular weight is 293 g/mol. The van der Waals surface area contributed by atoms with Crippen LogP contribution in [0.1, 0.15) is 38.5 Å². The Morgan fingerprint density at radius 1 is 1.17 bits per heavy atom. The monoisotopic (exact) mass is 292 g/mol. The van der Waals surface area contributed by atoms with Crippen molar-refractivity contribution in [3.8, 4) is 0 Å². The molecule has 0 aliphatic carbocycles. The fourth-order valence-corrected chi connectivity index (χ4v) is 3.75. The third kappa shape index (κ3) is 5.81. The number of amides is 1. The zero-order chi connectivity index (χ0) is 11.9. The normalized spacial score (nSPS) is 22.2. The number of thioether (sulfide) groups is 1. The van der Waals surface area contributed by atoms with Crippen LogP contribution >= 0.6 is 24.2 Å². The van der Waals surface area contributed by atoms with Crippen molar-refractivity contribution in [1.82, 2.24) is 10.6 Å². The molecule has 0 saturated carbocycles. The summed E-state index contributed by atoms with van der Waals surface area (Å²) >= 11 is 2.00. The van der Waals surface area contributed by atoms with E-state index in [0.29, 0.717) is 6.04 Å². The van der Waals surface area contributed by atoms with E-state index in [1.54, 1.807) is 0 Å². The van der Waals surface area contributed by atoms with Crippen molar-refractivity contribution in [3.05, 3.63) is 0 Å². The SMILES string of the molecule is Cl.O=C(CCC1CCNCC1)NC1CCSCC1. The van der Waals surface area contributed by atoms with E-state index in [0.717, 1.165) is 44.7 Å². The lowest BCUT2D eigenvalue weighted by molar-refractivity contribution is -0.122. The fourth-order valence-electron chi connectivity index (χ4n) is 2.65. The quantitative estimate of drug-likeness (QED) is 0.835. The van der Waals surface area contributed by atoms with Crippen LogP contribution in [0.2, 0.25) is 0 Å². The Morgan fingerprint density at radius 2 is 1.83 bits per heavy atom. The smallest absolute Gasteiger partial charge is 0.220 e. The van der Waals surface area contributed by atoms with Gasteiger partial charge in [-0.15, -0.1) is 12.4 Å². The zero-order valence-electron chi connectivity index (χ0n) is 11.0. The third-order valence-electron chi connectivity index (χ3n) is 3.82. The van der Waals surface area contributed by atoms with E-state index in [9.17, 15) is 4.79 Å². The van der Waals surface area contributed by atoms with Crippen LogP contribution in [-0.4, -0.2) is 36.5 Å². The molecule has 2 heterocycles. The Morgan fingerprint density at radius 3 is 2.50 bits per heavy atom. The van der Waals surface area contributed by atoms with Crippen molar-refractivity contribution in [2.75, 3.05) is 24.6 Å². The molecule has 2 N–H and O–H groups in total. The summed E-state index contributed by atoms with van der Waals surface area (Å²) in [5.74, 6) is 3.46. The van der Waals surface area contributed by atoms with Gasteiger partial charge in [-0.25, -0.2) is 0 Å².